The highest BCUT2D eigenvalue weighted by Crippen LogP contribution is 2.38. The molecular formula is C12H15FN2O. The number of amides is 1. The lowest BCUT2D eigenvalue weighted by Gasteiger charge is -2.23. The number of carbonyl (C=O) groups excluding carboxylic acids is 1. The summed E-state index contributed by atoms with van der Waals surface area (Å²) < 4.78 is 12.7. The Bertz CT molecular complexity index is 396. The Morgan fingerprint density at radius 2 is 2.00 bits per heavy atom. The maximum Gasteiger partial charge on any atom is 0.244 e. The molecule has 1 aromatic carbocycles. The van der Waals surface area contributed by atoms with Crippen LogP contribution in [0, 0.1) is 11.7 Å². The molecule has 1 aliphatic rings. The SMILES string of the molecule is CC(N)(C(=O)Nc1ccc(F)cc1)C1CC1. The number of nitrogens with two attached hydrogens (primary N) is 1. The number of nitrogens with one attached hydrogen (secondary N) is 1. The van der Waals surface area contributed by atoms with Crippen LogP contribution < -0.4 is 11.1 Å². The van der Waals surface area contributed by atoms with E-state index in [9.17, 15) is 9.18 Å². The van der Waals surface area contributed by atoms with Crippen LogP contribution in [0.3, 0.4) is 0 Å². The van der Waals surface area contributed by atoms with Crippen molar-refractivity contribution in [2.75, 3.05) is 5.32 Å². The minimum absolute atomic E-state index is 0.207. The standard InChI is InChI=1S/C12H15FN2O/c1-12(14,8-2-3-8)11(16)15-10-6-4-9(13)5-7-10/h4-8H,2-3,14H2,1H3,(H,15,16). The van der Waals surface area contributed by atoms with Crippen LogP contribution in [0.2, 0.25) is 0 Å². The molecule has 1 aromatic rings. The van der Waals surface area contributed by atoms with Crippen molar-refractivity contribution in [1.29, 1.82) is 0 Å². The van der Waals surface area contributed by atoms with Crippen molar-refractivity contribution >= 4 is 11.6 Å². The highest BCUT2D eigenvalue weighted by atomic mass is 19.1. The average Bonchev–Trinajstić information content (AvgIpc) is 3.05. The molecule has 2 rings (SSSR count). The van der Waals surface area contributed by atoms with Crippen molar-refractivity contribution < 1.29 is 9.18 Å². The molecule has 0 bridgehead atoms. The monoisotopic (exact) mass is 222 g/mol. The van der Waals surface area contributed by atoms with E-state index in [0.29, 0.717) is 5.69 Å². The highest BCUT2D eigenvalue weighted by Gasteiger charge is 2.44. The molecule has 1 amide bonds. The average molecular weight is 222 g/mol. The van der Waals surface area contributed by atoms with Gasteiger partial charge in [-0.3, -0.25) is 4.79 Å². The van der Waals surface area contributed by atoms with E-state index < -0.39 is 5.54 Å². The minimum Gasteiger partial charge on any atom is -0.324 e. The normalized spacial score (nSPS) is 18.9. The maximum atomic E-state index is 12.7. The third-order valence-corrected chi connectivity index (χ3v) is 3.02. The minimum atomic E-state index is -0.825. The first kappa shape index (κ1) is 11.1. The van der Waals surface area contributed by atoms with E-state index in [1.807, 2.05) is 0 Å². The van der Waals surface area contributed by atoms with Crippen LogP contribution in [0.1, 0.15) is 19.8 Å². The topological polar surface area (TPSA) is 55.1 Å². The quantitative estimate of drug-likeness (QED) is 0.820. The summed E-state index contributed by atoms with van der Waals surface area (Å²) in [7, 11) is 0. The Labute approximate surface area is 93.8 Å². The summed E-state index contributed by atoms with van der Waals surface area (Å²) in [6.07, 6.45) is 2.01. The molecule has 0 spiro atoms. The molecule has 3 N–H and O–H groups in total. The third-order valence-electron chi connectivity index (χ3n) is 3.02. The summed E-state index contributed by atoms with van der Waals surface area (Å²) in [5.74, 6) is -0.259. The molecule has 3 nitrogen and oxygen atoms in total. The summed E-state index contributed by atoms with van der Waals surface area (Å²) in [6.45, 7) is 1.74. The number of rotatable bonds is 3. The zero-order valence-electron chi connectivity index (χ0n) is 9.16. The van der Waals surface area contributed by atoms with E-state index in [-0.39, 0.29) is 17.6 Å². The molecule has 1 fully saturated rings. The van der Waals surface area contributed by atoms with Crippen LogP contribution >= 0.6 is 0 Å². The molecule has 0 aliphatic heterocycles. The van der Waals surface area contributed by atoms with E-state index in [1.54, 1.807) is 6.92 Å². The molecule has 86 valence electrons. The molecule has 1 atom stereocenters. The number of hydrogen-bond acceptors (Lipinski definition) is 2. The number of hydrogen-bond donors (Lipinski definition) is 2. The Morgan fingerprint density at radius 1 is 1.44 bits per heavy atom. The number of halogens is 1. The van der Waals surface area contributed by atoms with Gasteiger partial charge in [-0.05, 0) is 49.9 Å². The molecular weight excluding hydrogens is 207 g/mol. The van der Waals surface area contributed by atoms with Gasteiger partial charge in [0.05, 0.1) is 5.54 Å². The largest absolute Gasteiger partial charge is 0.324 e. The van der Waals surface area contributed by atoms with E-state index >= 15 is 0 Å². The molecule has 1 saturated carbocycles. The van der Waals surface area contributed by atoms with Crippen molar-refractivity contribution in [2.24, 2.45) is 11.7 Å². The zero-order valence-corrected chi connectivity index (χ0v) is 9.16. The van der Waals surface area contributed by atoms with Gasteiger partial charge in [-0.1, -0.05) is 0 Å². The molecule has 0 radical (unpaired) electrons. The first-order chi connectivity index (χ1) is 7.50. The summed E-state index contributed by atoms with van der Waals surface area (Å²) in [5, 5.41) is 2.70. The van der Waals surface area contributed by atoms with Crippen LogP contribution in [-0.2, 0) is 4.79 Å². The van der Waals surface area contributed by atoms with Gasteiger partial charge in [0.1, 0.15) is 5.82 Å². The second-order valence-corrected chi connectivity index (χ2v) is 4.52. The van der Waals surface area contributed by atoms with Crippen molar-refractivity contribution in [3.8, 4) is 0 Å². The predicted octanol–water partition coefficient (Wildman–Crippen LogP) is 1.89. The van der Waals surface area contributed by atoms with Gasteiger partial charge in [0.2, 0.25) is 5.91 Å². The van der Waals surface area contributed by atoms with E-state index in [2.05, 4.69) is 5.32 Å². The van der Waals surface area contributed by atoms with Gasteiger partial charge in [0.25, 0.3) is 0 Å². The number of anilines is 1. The fourth-order valence-electron chi connectivity index (χ4n) is 1.67. The molecule has 4 heteroatoms. The lowest BCUT2D eigenvalue weighted by atomic mass is 9.96. The molecule has 0 saturated heterocycles. The van der Waals surface area contributed by atoms with E-state index in [4.69, 9.17) is 5.73 Å². The van der Waals surface area contributed by atoms with Crippen molar-refractivity contribution in [1.82, 2.24) is 0 Å². The third kappa shape index (κ3) is 2.22. The fraction of sp³-hybridized carbons (Fsp3) is 0.417. The molecule has 0 heterocycles. The summed E-state index contributed by atoms with van der Waals surface area (Å²) in [4.78, 5) is 11.9. The molecule has 0 aromatic heterocycles. The van der Waals surface area contributed by atoms with Crippen LogP contribution in [0.4, 0.5) is 10.1 Å². The van der Waals surface area contributed by atoms with Crippen molar-refractivity contribution in [2.45, 2.75) is 25.3 Å². The lowest BCUT2D eigenvalue weighted by Crippen LogP contribution is -2.50. The number of benzene rings is 1. The zero-order chi connectivity index (χ0) is 11.8. The van der Waals surface area contributed by atoms with Gasteiger partial charge >= 0.3 is 0 Å². The van der Waals surface area contributed by atoms with Crippen LogP contribution in [0.25, 0.3) is 0 Å². The second-order valence-electron chi connectivity index (χ2n) is 4.52. The predicted molar refractivity (Wildman–Crippen MR) is 60.3 cm³/mol. The smallest absolute Gasteiger partial charge is 0.244 e. The van der Waals surface area contributed by atoms with Crippen LogP contribution in [0.15, 0.2) is 24.3 Å². The van der Waals surface area contributed by atoms with Crippen molar-refractivity contribution in [3.63, 3.8) is 0 Å². The Hall–Kier alpha value is -1.42. The Kier molecular flexibility index (Phi) is 2.68. The highest BCUT2D eigenvalue weighted by molar-refractivity contribution is 5.98. The first-order valence-electron chi connectivity index (χ1n) is 5.36. The van der Waals surface area contributed by atoms with Gasteiger partial charge in [-0.2, -0.15) is 0 Å². The van der Waals surface area contributed by atoms with Gasteiger partial charge in [0.15, 0.2) is 0 Å². The van der Waals surface area contributed by atoms with Gasteiger partial charge < -0.3 is 11.1 Å². The first-order valence-corrected chi connectivity index (χ1v) is 5.36. The summed E-state index contributed by atoms with van der Waals surface area (Å²) >= 11 is 0. The van der Waals surface area contributed by atoms with Gasteiger partial charge in [-0.25, -0.2) is 4.39 Å². The second kappa shape index (κ2) is 3.87. The van der Waals surface area contributed by atoms with Gasteiger partial charge in [0, 0.05) is 5.69 Å². The van der Waals surface area contributed by atoms with Crippen LogP contribution in [-0.4, -0.2) is 11.4 Å². The molecule has 1 unspecified atom stereocenters. The van der Waals surface area contributed by atoms with Gasteiger partial charge in [-0.15, -0.1) is 0 Å². The lowest BCUT2D eigenvalue weighted by molar-refractivity contribution is -0.121. The van der Waals surface area contributed by atoms with E-state index in [1.165, 1.54) is 24.3 Å². The summed E-state index contributed by atoms with van der Waals surface area (Å²) in [5.41, 5.74) is 5.71. The van der Waals surface area contributed by atoms with Crippen LogP contribution in [0.5, 0.6) is 0 Å². The molecule has 16 heavy (non-hydrogen) atoms. The van der Waals surface area contributed by atoms with E-state index in [0.717, 1.165) is 12.8 Å². The maximum absolute atomic E-state index is 12.7. The molecule has 1 aliphatic carbocycles. The number of carbonyl (C=O) groups is 1. The Balaban J connectivity index is 2.04. The Morgan fingerprint density at radius 3 is 2.50 bits per heavy atom. The van der Waals surface area contributed by atoms with Crippen molar-refractivity contribution in [3.05, 3.63) is 30.1 Å². The summed E-state index contributed by atoms with van der Waals surface area (Å²) in [6, 6.07) is 5.66. The fourth-order valence-corrected chi connectivity index (χ4v) is 1.67.